The molecule has 0 aliphatic carbocycles. The smallest absolute Gasteiger partial charge is 0.322 e. The van der Waals surface area contributed by atoms with Gasteiger partial charge in [-0.3, -0.25) is 4.90 Å². The first-order chi connectivity index (χ1) is 10.7. The van der Waals surface area contributed by atoms with E-state index in [2.05, 4.69) is 17.1 Å². The fourth-order valence-corrected chi connectivity index (χ4v) is 2.60. The number of unbranched alkanes of at least 4 members (excludes halogenated alkanes) is 1. The van der Waals surface area contributed by atoms with Gasteiger partial charge in [-0.25, -0.2) is 4.79 Å². The molecule has 1 aromatic rings. The number of hydrogen-bond acceptors (Lipinski definition) is 3. The maximum absolute atomic E-state index is 12.4. The summed E-state index contributed by atoms with van der Waals surface area (Å²) in [5.41, 5.74) is 0.739. The van der Waals surface area contributed by atoms with Gasteiger partial charge in [-0.2, -0.15) is 0 Å². The number of carbonyl (C=O) groups is 1. The van der Waals surface area contributed by atoms with Crippen molar-refractivity contribution < 1.29 is 9.53 Å². The quantitative estimate of drug-likeness (QED) is 0.878. The maximum atomic E-state index is 12.4. The Kier molecular flexibility index (Phi) is 6.52. The van der Waals surface area contributed by atoms with E-state index < -0.39 is 0 Å². The van der Waals surface area contributed by atoms with Crippen molar-refractivity contribution in [2.45, 2.75) is 26.7 Å². The molecule has 5 heteroatoms. The minimum atomic E-state index is -0.0395. The van der Waals surface area contributed by atoms with Crippen LogP contribution in [0, 0.1) is 0 Å². The first kappa shape index (κ1) is 16.6. The van der Waals surface area contributed by atoms with Crippen molar-refractivity contribution in [3.05, 3.63) is 24.3 Å². The highest BCUT2D eigenvalue weighted by molar-refractivity contribution is 5.91. The third-order valence-electron chi connectivity index (χ3n) is 3.92. The van der Waals surface area contributed by atoms with Gasteiger partial charge in [-0.05, 0) is 32.0 Å². The summed E-state index contributed by atoms with van der Waals surface area (Å²) in [4.78, 5) is 16.7. The first-order valence-electron chi connectivity index (χ1n) is 8.24. The zero-order chi connectivity index (χ0) is 15.8. The molecule has 1 aromatic carbocycles. The highest BCUT2D eigenvalue weighted by Gasteiger charge is 2.21. The number of rotatable bonds is 6. The monoisotopic (exact) mass is 305 g/mol. The first-order valence-corrected chi connectivity index (χ1v) is 8.24. The summed E-state index contributed by atoms with van der Waals surface area (Å²) in [7, 11) is 0. The molecule has 0 unspecified atom stereocenters. The molecule has 22 heavy (non-hydrogen) atoms. The van der Waals surface area contributed by atoms with E-state index in [-0.39, 0.29) is 6.03 Å². The molecule has 5 nitrogen and oxygen atoms in total. The van der Waals surface area contributed by atoms with Crippen LogP contribution in [0.3, 0.4) is 0 Å². The fourth-order valence-electron chi connectivity index (χ4n) is 2.60. The number of nitrogens with zero attached hydrogens (tertiary/aromatic N) is 2. The molecule has 1 heterocycles. The van der Waals surface area contributed by atoms with Gasteiger partial charge in [0.05, 0.1) is 12.3 Å². The lowest BCUT2D eigenvalue weighted by Crippen LogP contribution is -2.50. The lowest BCUT2D eigenvalue weighted by atomic mass is 10.2. The molecule has 2 amide bonds. The lowest BCUT2D eigenvalue weighted by molar-refractivity contribution is 0.146. The van der Waals surface area contributed by atoms with E-state index in [9.17, 15) is 4.79 Å². The number of urea groups is 1. The minimum Gasteiger partial charge on any atom is -0.492 e. The Morgan fingerprint density at radius 2 is 1.91 bits per heavy atom. The molecule has 0 radical (unpaired) electrons. The van der Waals surface area contributed by atoms with Gasteiger partial charge >= 0.3 is 6.03 Å². The van der Waals surface area contributed by atoms with Gasteiger partial charge < -0.3 is 15.0 Å². The van der Waals surface area contributed by atoms with Crippen LogP contribution in [-0.2, 0) is 0 Å². The van der Waals surface area contributed by atoms with Crippen molar-refractivity contribution in [3.8, 4) is 5.75 Å². The predicted octanol–water partition coefficient (Wildman–Crippen LogP) is 3.03. The standard InChI is InChI=1S/C17H27N3O2/c1-3-5-10-19-11-13-20(14-12-19)17(21)18-15-8-6-7-9-16(15)22-4-2/h6-9H,3-5,10-14H2,1-2H3,(H,18,21). The molecule has 0 aromatic heterocycles. The Morgan fingerprint density at radius 3 is 2.59 bits per heavy atom. The van der Waals surface area contributed by atoms with Crippen LogP contribution in [0.1, 0.15) is 26.7 Å². The summed E-state index contributed by atoms with van der Waals surface area (Å²) in [6.07, 6.45) is 2.45. The second-order valence-electron chi connectivity index (χ2n) is 5.54. The highest BCUT2D eigenvalue weighted by Crippen LogP contribution is 2.24. The van der Waals surface area contributed by atoms with Gasteiger partial charge in [0.15, 0.2) is 0 Å². The van der Waals surface area contributed by atoms with E-state index in [0.29, 0.717) is 6.61 Å². The van der Waals surface area contributed by atoms with Crippen LogP contribution >= 0.6 is 0 Å². The number of carbonyl (C=O) groups excluding carboxylic acids is 1. The number of para-hydroxylation sites is 2. The van der Waals surface area contributed by atoms with Crippen LogP contribution in [0.15, 0.2) is 24.3 Å². The molecule has 0 spiro atoms. The Labute approximate surface area is 133 Å². The molecule has 122 valence electrons. The Morgan fingerprint density at radius 1 is 1.18 bits per heavy atom. The molecular weight excluding hydrogens is 278 g/mol. The zero-order valence-corrected chi connectivity index (χ0v) is 13.7. The normalized spacial score (nSPS) is 15.6. The van der Waals surface area contributed by atoms with E-state index >= 15 is 0 Å². The number of anilines is 1. The van der Waals surface area contributed by atoms with Crippen molar-refractivity contribution in [2.75, 3.05) is 44.6 Å². The molecule has 1 fully saturated rings. The van der Waals surface area contributed by atoms with Crippen LogP contribution in [-0.4, -0.2) is 55.2 Å². The summed E-state index contributed by atoms with van der Waals surface area (Å²) < 4.78 is 5.55. The molecular formula is C17H27N3O2. The van der Waals surface area contributed by atoms with Crippen molar-refractivity contribution in [2.24, 2.45) is 0 Å². The van der Waals surface area contributed by atoms with E-state index in [1.54, 1.807) is 0 Å². The van der Waals surface area contributed by atoms with Gasteiger partial charge in [0.25, 0.3) is 0 Å². The van der Waals surface area contributed by atoms with Gasteiger partial charge in [-0.15, -0.1) is 0 Å². The van der Waals surface area contributed by atoms with Crippen LogP contribution < -0.4 is 10.1 Å². The molecule has 1 N–H and O–H groups in total. The number of benzene rings is 1. The summed E-state index contributed by atoms with van der Waals surface area (Å²) in [5.74, 6) is 0.722. The van der Waals surface area contributed by atoms with E-state index in [1.807, 2.05) is 36.1 Å². The van der Waals surface area contributed by atoms with Crippen LogP contribution in [0.4, 0.5) is 10.5 Å². The minimum absolute atomic E-state index is 0.0395. The van der Waals surface area contributed by atoms with Gasteiger partial charge in [-0.1, -0.05) is 25.5 Å². The van der Waals surface area contributed by atoms with Gasteiger partial charge in [0.2, 0.25) is 0 Å². The van der Waals surface area contributed by atoms with E-state index in [4.69, 9.17) is 4.74 Å². The molecule has 0 atom stereocenters. The second kappa shape index (κ2) is 8.63. The predicted molar refractivity (Wildman–Crippen MR) is 89.6 cm³/mol. The van der Waals surface area contributed by atoms with Crippen molar-refractivity contribution in [1.29, 1.82) is 0 Å². The molecule has 0 bridgehead atoms. The molecule has 2 rings (SSSR count). The number of nitrogens with one attached hydrogen (secondary N) is 1. The summed E-state index contributed by atoms with van der Waals surface area (Å²) >= 11 is 0. The summed E-state index contributed by atoms with van der Waals surface area (Å²) in [6, 6.07) is 7.53. The number of ether oxygens (including phenoxy) is 1. The average Bonchev–Trinajstić information content (AvgIpc) is 2.55. The Bertz CT molecular complexity index is 471. The number of hydrogen-bond donors (Lipinski definition) is 1. The van der Waals surface area contributed by atoms with Crippen LogP contribution in [0.25, 0.3) is 0 Å². The molecule has 0 saturated carbocycles. The van der Waals surface area contributed by atoms with Crippen molar-refractivity contribution in [3.63, 3.8) is 0 Å². The van der Waals surface area contributed by atoms with Gasteiger partial charge in [0, 0.05) is 26.2 Å². The fraction of sp³-hybridized carbons (Fsp3) is 0.588. The molecule has 1 aliphatic rings. The van der Waals surface area contributed by atoms with Crippen molar-refractivity contribution in [1.82, 2.24) is 9.80 Å². The molecule has 1 aliphatic heterocycles. The Hall–Kier alpha value is -1.75. The average molecular weight is 305 g/mol. The van der Waals surface area contributed by atoms with Crippen molar-refractivity contribution >= 4 is 11.7 Å². The molecule has 1 saturated heterocycles. The largest absolute Gasteiger partial charge is 0.492 e. The maximum Gasteiger partial charge on any atom is 0.322 e. The van der Waals surface area contributed by atoms with Gasteiger partial charge in [0.1, 0.15) is 5.75 Å². The zero-order valence-electron chi connectivity index (χ0n) is 13.7. The third kappa shape index (κ3) is 4.63. The number of piperazine rings is 1. The highest BCUT2D eigenvalue weighted by atomic mass is 16.5. The summed E-state index contributed by atoms with van der Waals surface area (Å²) in [6.45, 7) is 9.36. The number of amides is 2. The topological polar surface area (TPSA) is 44.8 Å². The van der Waals surface area contributed by atoms with Crippen LogP contribution in [0.2, 0.25) is 0 Å². The summed E-state index contributed by atoms with van der Waals surface area (Å²) in [5, 5.41) is 2.97. The Balaban J connectivity index is 1.86. The van der Waals surface area contributed by atoms with Crippen LogP contribution in [0.5, 0.6) is 5.75 Å². The second-order valence-corrected chi connectivity index (χ2v) is 5.54. The third-order valence-corrected chi connectivity index (χ3v) is 3.92. The van der Waals surface area contributed by atoms with E-state index in [1.165, 1.54) is 12.8 Å². The van der Waals surface area contributed by atoms with E-state index in [0.717, 1.165) is 44.2 Å². The SMILES string of the molecule is CCCCN1CCN(C(=O)Nc2ccccc2OCC)CC1. The lowest BCUT2D eigenvalue weighted by Gasteiger charge is -2.34.